The molecule has 18 heavy (non-hydrogen) atoms. The van der Waals surface area contributed by atoms with E-state index in [2.05, 4.69) is 10.3 Å². The first-order chi connectivity index (χ1) is 8.52. The highest BCUT2D eigenvalue weighted by atomic mass is 16.3. The van der Waals surface area contributed by atoms with Crippen molar-refractivity contribution in [3.8, 4) is 5.75 Å². The second kappa shape index (κ2) is 4.80. The molecule has 4 nitrogen and oxygen atoms in total. The second-order valence-corrected chi connectivity index (χ2v) is 4.73. The predicted octanol–water partition coefficient (Wildman–Crippen LogP) is 2.05. The van der Waals surface area contributed by atoms with Crippen molar-refractivity contribution in [2.75, 3.05) is 0 Å². The lowest BCUT2D eigenvalue weighted by Gasteiger charge is -2.07. The van der Waals surface area contributed by atoms with Crippen molar-refractivity contribution < 1.29 is 9.90 Å². The Morgan fingerprint density at radius 2 is 1.94 bits per heavy atom. The van der Waals surface area contributed by atoms with E-state index in [1.807, 2.05) is 32.9 Å². The molecule has 0 fully saturated rings. The maximum atomic E-state index is 11.7. The third-order valence-electron chi connectivity index (χ3n) is 3.16. The van der Waals surface area contributed by atoms with Crippen LogP contribution in [0.25, 0.3) is 0 Å². The smallest absolute Gasteiger partial charge is 0.250 e. The van der Waals surface area contributed by atoms with Gasteiger partial charge in [0.15, 0.2) is 0 Å². The number of aromatic hydroxyl groups is 1. The summed E-state index contributed by atoms with van der Waals surface area (Å²) in [4.78, 5) is 16.1. The van der Waals surface area contributed by atoms with Crippen molar-refractivity contribution in [1.82, 2.24) is 5.32 Å². The number of phenols is 1. The van der Waals surface area contributed by atoms with Crippen LogP contribution in [0.15, 0.2) is 17.1 Å². The fraction of sp³-hybridized carbons (Fsp3) is 0.429. The molecule has 1 amide bonds. The van der Waals surface area contributed by atoms with Gasteiger partial charge in [0.05, 0.1) is 0 Å². The lowest BCUT2D eigenvalue weighted by molar-refractivity contribution is -0.120. The van der Waals surface area contributed by atoms with Gasteiger partial charge < -0.3 is 10.4 Å². The van der Waals surface area contributed by atoms with Gasteiger partial charge in [-0.2, -0.15) is 0 Å². The van der Waals surface area contributed by atoms with Crippen LogP contribution in [0.5, 0.6) is 5.75 Å². The van der Waals surface area contributed by atoms with E-state index in [0.717, 1.165) is 29.5 Å². The number of carbonyl (C=O) groups is 1. The van der Waals surface area contributed by atoms with Gasteiger partial charge in [0.25, 0.3) is 0 Å². The van der Waals surface area contributed by atoms with Gasteiger partial charge in [-0.25, -0.2) is 0 Å². The Hall–Kier alpha value is -1.84. The van der Waals surface area contributed by atoms with E-state index in [-0.39, 0.29) is 11.9 Å². The van der Waals surface area contributed by atoms with Gasteiger partial charge >= 0.3 is 0 Å². The number of hydrogen-bond donors (Lipinski definition) is 2. The number of amides is 1. The van der Waals surface area contributed by atoms with Gasteiger partial charge in [0.1, 0.15) is 17.6 Å². The third-order valence-corrected chi connectivity index (χ3v) is 3.16. The molecule has 1 aromatic rings. The molecular weight excluding hydrogens is 228 g/mol. The fourth-order valence-corrected chi connectivity index (χ4v) is 2.16. The number of rotatable bonds is 3. The zero-order chi connectivity index (χ0) is 13.3. The molecule has 1 atom stereocenters. The number of nitrogens with zero attached hydrogens (tertiary/aromatic N) is 1. The first-order valence-corrected chi connectivity index (χ1v) is 6.22. The summed E-state index contributed by atoms with van der Waals surface area (Å²) >= 11 is 0. The standard InChI is InChI=1S/C14H18N2O2/c1-4-5-11-14(18)16-13(15-11)10-6-8(2)12(17)9(3)7-10/h6-7,11,17H,4-5H2,1-3H3,(H,15,16,18). The summed E-state index contributed by atoms with van der Waals surface area (Å²) < 4.78 is 0. The summed E-state index contributed by atoms with van der Waals surface area (Å²) in [6.07, 6.45) is 1.70. The average Bonchev–Trinajstić information content (AvgIpc) is 2.68. The predicted molar refractivity (Wildman–Crippen MR) is 71.0 cm³/mol. The largest absolute Gasteiger partial charge is 0.507 e. The van der Waals surface area contributed by atoms with E-state index in [0.29, 0.717) is 11.6 Å². The third kappa shape index (κ3) is 2.23. The molecule has 2 N–H and O–H groups in total. The number of amidine groups is 1. The second-order valence-electron chi connectivity index (χ2n) is 4.73. The van der Waals surface area contributed by atoms with Crippen LogP contribution in [0.2, 0.25) is 0 Å². The number of benzene rings is 1. The highest BCUT2D eigenvalue weighted by Gasteiger charge is 2.26. The molecule has 1 aromatic carbocycles. The van der Waals surface area contributed by atoms with Crippen molar-refractivity contribution in [1.29, 1.82) is 0 Å². The van der Waals surface area contributed by atoms with Crippen LogP contribution in [0, 0.1) is 13.8 Å². The van der Waals surface area contributed by atoms with Crippen molar-refractivity contribution in [2.24, 2.45) is 4.99 Å². The normalized spacial score (nSPS) is 18.7. The first kappa shape index (κ1) is 12.6. The number of nitrogens with one attached hydrogen (secondary N) is 1. The van der Waals surface area contributed by atoms with Crippen molar-refractivity contribution in [3.05, 3.63) is 28.8 Å². The summed E-state index contributed by atoms with van der Waals surface area (Å²) in [6, 6.07) is 3.42. The van der Waals surface area contributed by atoms with Crippen LogP contribution in [0.3, 0.4) is 0 Å². The monoisotopic (exact) mass is 246 g/mol. The maximum Gasteiger partial charge on any atom is 0.250 e. The molecule has 0 radical (unpaired) electrons. The SMILES string of the molecule is CCCC1N=C(c2cc(C)c(O)c(C)c2)NC1=O. The zero-order valence-corrected chi connectivity index (χ0v) is 10.9. The molecule has 0 aromatic heterocycles. The summed E-state index contributed by atoms with van der Waals surface area (Å²) in [6.45, 7) is 5.72. The van der Waals surface area contributed by atoms with Crippen LogP contribution < -0.4 is 5.32 Å². The molecule has 0 saturated carbocycles. The zero-order valence-electron chi connectivity index (χ0n) is 10.9. The number of aliphatic imine (C=N–C) groups is 1. The van der Waals surface area contributed by atoms with Crippen LogP contribution in [0.4, 0.5) is 0 Å². The molecule has 0 aliphatic carbocycles. The molecule has 2 rings (SSSR count). The van der Waals surface area contributed by atoms with Gasteiger partial charge in [-0.15, -0.1) is 0 Å². The van der Waals surface area contributed by atoms with Crippen LogP contribution in [0.1, 0.15) is 36.5 Å². The molecule has 0 bridgehead atoms. The van der Waals surface area contributed by atoms with Crippen molar-refractivity contribution in [2.45, 2.75) is 39.7 Å². The Balaban J connectivity index is 2.33. The van der Waals surface area contributed by atoms with Gasteiger partial charge in [0, 0.05) is 5.56 Å². The molecular formula is C14H18N2O2. The minimum atomic E-state index is -0.264. The molecule has 0 spiro atoms. The Labute approximate surface area is 107 Å². The topological polar surface area (TPSA) is 61.7 Å². The lowest BCUT2D eigenvalue weighted by Crippen LogP contribution is -2.29. The Bertz CT molecular complexity index is 498. The molecule has 1 unspecified atom stereocenters. The quantitative estimate of drug-likeness (QED) is 0.857. The number of hydrogen-bond acceptors (Lipinski definition) is 3. The number of aryl methyl sites for hydroxylation is 2. The fourth-order valence-electron chi connectivity index (χ4n) is 2.16. The maximum absolute atomic E-state index is 11.7. The van der Waals surface area contributed by atoms with Gasteiger partial charge in [0.2, 0.25) is 5.91 Å². The van der Waals surface area contributed by atoms with Crippen molar-refractivity contribution in [3.63, 3.8) is 0 Å². The van der Waals surface area contributed by atoms with Crippen LogP contribution in [-0.4, -0.2) is 22.9 Å². The summed E-state index contributed by atoms with van der Waals surface area (Å²) in [5.41, 5.74) is 2.44. The first-order valence-electron chi connectivity index (χ1n) is 6.22. The van der Waals surface area contributed by atoms with E-state index in [4.69, 9.17) is 0 Å². The number of carbonyl (C=O) groups excluding carboxylic acids is 1. The van der Waals surface area contributed by atoms with Gasteiger partial charge in [-0.05, 0) is 43.5 Å². The van der Waals surface area contributed by atoms with Crippen LogP contribution >= 0.6 is 0 Å². The minimum Gasteiger partial charge on any atom is -0.507 e. The average molecular weight is 246 g/mol. The molecule has 1 aliphatic rings. The minimum absolute atomic E-state index is 0.0322. The highest BCUT2D eigenvalue weighted by molar-refractivity contribution is 6.13. The van der Waals surface area contributed by atoms with E-state index in [1.54, 1.807) is 0 Å². The summed E-state index contributed by atoms with van der Waals surface area (Å²) in [7, 11) is 0. The Kier molecular flexibility index (Phi) is 3.36. The van der Waals surface area contributed by atoms with Gasteiger partial charge in [-0.1, -0.05) is 13.3 Å². The molecule has 4 heteroatoms. The Morgan fingerprint density at radius 1 is 1.33 bits per heavy atom. The van der Waals surface area contributed by atoms with Crippen LogP contribution in [-0.2, 0) is 4.79 Å². The van der Waals surface area contributed by atoms with E-state index < -0.39 is 0 Å². The van der Waals surface area contributed by atoms with E-state index >= 15 is 0 Å². The molecule has 1 heterocycles. The summed E-state index contributed by atoms with van der Waals surface area (Å²) in [5, 5.41) is 12.5. The molecule has 0 saturated heterocycles. The van der Waals surface area contributed by atoms with Crippen molar-refractivity contribution >= 4 is 11.7 Å². The van der Waals surface area contributed by atoms with E-state index in [9.17, 15) is 9.90 Å². The van der Waals surface area contributed by atoms with Gasteiger partial charge in [-0.3, -0.25) is 9.79 Å². The number of phenolic OH excluding ortho intramolecular Hbond substituents is 1. The van der Waals surface area contributed by atoms with E-state index in [1.165, 1.54) is 0 Å². The Morgan fingerprint density at radius 3 is 2.50 bits per heavy atom. The highest BCUT2D eigenvalue weighted by Crippen LogP contribution is 2.24. The summed E-state index contributed by atoms with van der Waals surface area (Å²) in [5.74, 6) is 0.883. The molecule has 96 valence electrons. The molecule has 1 aliphatic heterocycles. The lowest BCUT2D eigenvalue weighted by atomic mass is 10.1.